The van der Waals surface area contributed by atoms with Gasteiger partial charge in [0.05, 0.1) is 0 Å². The van der Waals surface area contributed by atoms with Gasteiger partial charge in [0, 0.05) is 37.9 Å². The van der Waals surface area contributed by atoms with E-state index in [-0.39, 0.29) is 0 Å². The molecule has 0 saturated carbocycles. The molecule has 0 atom stereocenters. The average molecular weight is 321 g/mol. The van der Waals surface area contributed by atoms with Crippen LogP contribution in [-0.2, 0) is 0 Å². The van der Waals surface area contributed by atoms with Crippen LogP contribution in [-0.4, -0.2) is 41.1 Å². The Kier molecular flexibility index (Phi) is 4.89. The van der Waals surface area contributed by atoms with Crippen LogP contribution in [0.3, 0.4) is 0 Å². The van der Waals surface area contributed by atoms with E-state index in [1.165, 1.54) is 5.56 Å². The third-order valence-electron chi connectivity index (χ3n) is 3.94. The summed E-state index contributed by atoms with van der Waals surface area (Å²) in [5.74, 6) is 7.32. The molecule has 4 heteroatoms. The van der Waals surface area contributed by atoms with Crippen LogP contribution in [0.4, 0.5) is 5.82 Å². The molecule has 0 N–H and O–H groups in total. The predicted octanol–water partition coefficient (Wildman–Crippen LogP) is 2.89. The van der Waals surface area contributed by atoms with Crippen LogP contribution in [0.2, 0.25) is 0 Å². The Balaban J connectivity index is 1.60. The Morgan fingerprint density at radius 3 is 2.48 bits per heavy atom. The van der Waals surface area contributed by atoms with Crippen LogP contribution in [0.5, 0.6) is 0 Å². The van der Waals surface area contributed by atoms with Gasteiger partial charge in [0.1, 0.15) is 5.82 Å². The topological polar surface area (TPSA) is 19.4 Å². The smallest absolute Gasteiger partial charge is 0.153 e. The zero-order chi connectivity index (χ0) is 16.1. The van der Waals surface area contributed by atoms with Crippen LogP contribution in [0, 0.1) is 18.8 Å². The summed E-state index contributed by atoms with van der Waals surface area (Å²) in [6, 6.07) is 14.0. The zero-order valence-corrected chi connectivity index (χ0v) is 14.0. The Bertz CT molecular complexity index is 738. The van der Waals surface area contributed by atoms with E-state index in [1.807, 2.05) is 42.6 Å². The van der Waals surface area contributed by atoms with Crippen molar-refractivity contribution in [3.8, 4) is 11.8 Å². The van der Waals surface area contributed by atoms with Crippen LogP contribution >= 0.6 is 12.2 Å². The van der Waals surface area contributed by atoms with Crippen LogP contribution in [0.1, 0.15) is 11.1 Å². The molecule has 0 bridgehead atoms. The Morgan fingerprint density at radius 2 is 1.78 bits per heavy atom. The summed E-state index contributed by atoms with van der Waals surface area (Å²) >= 11 is 5.47. The highest BCUT2D eigenvalue weighted by molar-refractivity contribution is 7.80. The van der Waals surface area contributed by atoms with E-state index in [0.717, 1.165) is 42.5 Å². The fourth-order valence-corrected chi connectivity index (χ4v) is 2.89. The first-order chi connectivity index (χ1) is 11.2. The summed E-state index contributed by atoms with van der Waals surface area (Å²) in [7, 11) is 0. The van der Waals surface area contributed by atoms with E-state index in [9.17, 15) is 0 Å². The van der Waals surface area contributed by atoms with Crippen LogP contribution in [0.25, 0.3) is 0 Å². The van der Waals surface area contributed by atoms with Crippen molar-refractivity contribution < 1.29 is 0 Å². The molecule has 3 nitrogen and oxygen atoms in total. The number of aromatic nitrogens is 1. The third-order valence-corrected chi connectivity index (χ3v) is 4.30. The quantitative estimate of drug-likeness (QED) is 0.594. The highest BCUT2D eigenvalue weighted by Crippen LogP contribution is 2.17. The molecule has 0 aliphatic carbocycles. The predicted molar refractivity (Wildman–Crippen MR) is 98.7 cm³/mol. The van der Waals surface area contributed by atoms with Gasteiger partial charge >= 0.3 is 0 Å². The summed E-state index contributed by atoms with van der Waals surface area (Å²) in [6.07, 6.45) is 1.85. The minimum atomic E-state index is 0.728. The lowest BCUT2D eigenvalue weighted by Gasteiger charge is -2.36. The van der Waals surface area contributed by atoms with Gasteiger partial charge < -0.3 is 9.80 Å². The molecule has 2 aromatic rings. The number of thiocarbonyl (C=S) groups is 1. The van der Waals surface area contributed by atoms with Crippen molar-refractivity contribution in [2.75, 3.05) is 31.1 Å². The second-order valence-corrected chi connectivity index (χ2v) is 5.93. The molecular formula is C19H19N3S. The van der Waals surface area contributed by atoms with Gasteiger partial charge in [0.15, 0.2) is 4.99 Å². The van der Waals surface area contributed by atoms with Gasteiger partial charge in [-0.1, -0.05) is 42.4 Å². The molecule has 1 aromatic carbocycles. The van der Waals surface area contributed by atoms with Crippen molar-refractivity contribution in [3.63, 3.8) is 0 Å². The Labute approximate surface area is 142 Å². The number of rotatable bonds is 1. The van der Waals surface area contributed by atoms with Crippen molar-refractivity contribution in [2.45, 2.75) is 6.92 Å². The van der Waals surface area contributed by atoms with Crippen molar-refractivity contribution >= 4 is 23.0 Å². The number of nitrogens with zero attached hydrogens (tertiary/aromatic N) is 3. The lowest BCUT2D eigenvalue weighted by atomic mass is 10.2. The molecule has 1 fully saturated rings. The number of aryl methyl sites for hydroxylation is 1. The monoisotopic (exact) mass is 321 g/mol. The minimum absolute atomic E-state index is 0.728. The molecule has 0 spiro atoms. The average Bonchev–Trinajstić information content (AvgIpc) is 2.61. The Hall–Kier alpha value is -2.38. The van der Waals surface area contributed by atoms with Gasteiger partial charge in [0.25, 0.3) is 0 Å². The van der Waals surface area contributed by atoms with Gasteiger partial charge in [-0.3, -0.25) is 0 Å². The lowest BCUT2D eigenvalue weighted by Crippen LogP contribution is -2.48. The van der Waals surface area contributed by atoms with Crippen molar-refractivity contribution in [1.82, 2.24) is 9.88 Å². The van der Waals surface area contributed by atoms with Gasteiger partial charge in [-0.15, -0.1) is 0 Å². The molecule has 1 aromatic heterocycles. The molecule has 0 unspecified atom stereocenters. The Morgan fingerprint density at radius 1 is 1.04 bits per heavy atom. The fourth-order valence-electron chi connectivity index (χ4n) is 2.66. The van der Waals surface area contributed by atoms with Gasteiger partial charge in [-0.05, 0) is 36.6 Å². The molecule has 1 saturated heterocycles. The van der Waals surface area contributed by atoms with Crippen molar-refractivity contribution in [2.24, 2.45) is 0 Å². The SMILES string of the molecule is Cc1cccnc1N1CCN(C(=S)C#Cc2ccccc2)CC1. The maximum absolute atomic E-state index is 5.47. The number of pyridine rings is 1. The van der Waals surface area contributed by atoms with E-state index in [4.69, 9.17) is 12.2 Å². The number of hydrogen-bond donors (Lipinski definition) is 0. The highest BCUT2D eigenvalue weighted by atomic mass is 32.1. The molecule has 116 valence electrons. The first-order valence-corrected chi connectivity index (χ1v) is 8.17. The van der Waals surface area contributed by atoms with E-state index in [2.05, 4.69) is 39.6 Å². The number of anilines is 1. The number of benzene rings is 1. The molecule has 3 rings (SSSR count). The van der Waals surface area contributed by atoms with E-state index in [1.54, 1.807) is 0 Å². The normalized spacial score (nSPS) is 14.1. The molecule has 23 heavy (non-hydrogen) atoms. The first-order valence-electron chi connectivity index (χ1n) is 7.76. The maximum atomic E-state index is 5.47. The van der Waals surface area contributed by atoms with E-state index < -0.39 is 0 Å². The summed E-state index contributed by atoms with van der Waals surface area (Å²) in [4.78, 5) is 9.72. The summed E-state index contributed by atoms with van der Waals surface area (Å²) < 4.78 is 0. The summed E-state index contributed by atoms with van der Waals surface area (Å²) in [6.45, 7) is 5.72. The minimum Gasteiger partial charge on any atom is -0.353 e. The molecule has 1 aliphatic rings. The van der Waals surface area contributed by atoms with Crippen molar-refractivity contribution in [1.29, 1.82) is 0 Å². The second-order valence-electron chi connectivity index (χ2n) is 5.54. The standard InChI is InChI=1S/C19H19N3S/c1-16-6-5-11-20-19(16)22-14-12-21(13-15-22)18(23)10-9-17-7-3-2-4-8-17/h2-8,11H,12-15H2,1H3. The maximum Gasteiger partial charge on any atom is 0.153 e. The van der Waals surface area contributed by atoms with E-state index >= 15 is 0 Å². The summed E-state index contributed by atoms with van der Waals surface area (Å²) in [5.41, 5.74) is 2.21. The van der Waals surface area contributed by atoms with Crippen molar-refractivity contribution in [3.05, 3.63) is 59.8 Å². The number of hydrogen-bond acceptors (Lipinski definition) is 3. The second kappa shape index (κ2) is 7.26. The molecule has 0 radical (unpaired) electrons. The van der Waals surface area contributed by atoms with E-state index in [0.29, 0.717) is 0 Å². The van der Waals surface area contributed by atoms with Gasteiger partial charge in [-0.2, -0.15) is 0 Å². The van der Waals surface area contributed by atoms with Gasteiger partial charge in [0.2, 0.25) is 0 Å². The first kappa shape index (κ1) is 15.5. The largest absolute Gasteiger partial charge is 0.353 e. The molecule has 0 amide bonds. The summed E-state index contributed by atoms with van der Waals surface area (Å²) in [5, 5.41) is 0. The zero-order valence-electron chi connectivity index (χ0n) is 13.2. The van der Waals surface area contributed by atoms with Crippen LogP contribution in [0.15, 0.2) is 48.7 Å². The third kappa shape index (κ3) is 3.88. The fraction of sp³-hybridized carbons (Fsp3) is 0.263. The number of piperazine rings is 1. The van der Waals surface area contributed by atoms with Gasteiger partial charge in [-0.25, -0.2) is 4.98 Å². The highest BCUT2D eigenvalue weighted by Gasteiger charge is 2.19. The van der Waals surface area contributed by atoms with Crippen LogP contribution < -0.4 is 4.90 Å². The molecule has 1 aliphatic heterocycles. The molecular weight excluding hydrogens is 302 g/mol. The molecule has 2 heterocycles. The lowest BCUT2D eigenvalue weighted by molar-refractivity contribution is 0.392.